The molecule has 0 aliphatic carbocycles. The zero-order valence-electron chi connectivity index (χ0n) is 13.4. The van der Waals surface area contributed by atoms with Crippen LogP contribution in [0.5, 0.6) is 11.5 Å². The maximum Gasteiger partial charge on any atom is 0.303 e. The van der Waals surface area contributed by atoms with E-state index in [1.807, 2.05) is 54.6 Å². The summed E-state index contributed by atoms with van der Waals surface area (Å²) in [6.07, 6.45) is 1.88. The van der Waals surface area contributed by atoms with Gasteiger partial charge in [0.15, 0.2) is 0 Å². The van der Waals surface area contributed by atoms with Gasteiger partial charge in [0.1, 0.15) is 11.5 Å². The van der Waals surface area contributed by atoms with E-state index in [9.17, 15) is 4.79 Å². The minimum Gasteiger partial charge on any atom is -0.481 e. The Morgan fingerprint density at radius 2 is 1.65 bits per heavy atom. The van der Waals surface area contributed by atoms with Crippen molar-refractivity contribution >= 4 is 11.7 Å². The summed E-state index contributed by atoms with van der Waals surface area (Å²) in [6, 6.07) is 17.6. The SMILES string of the molecule is CCCN(CCCC(=O)O)c1ccc(Oc2ccccc2)cc1. The third-order valence-electron chi connectivity index (χ3n) is 3.49. The van der Waals surface area contributed by atoms with Crippen molar-refractivity contribution in [3.05, 3.63) is 54.6 Å². The van der Waals surface area contributed by atoms with E-state index in [-0.39, 0.29) is 6.42 Å². The lowest BCUT2D eigenvalue weighted by atomic mass is 10.2. The molecule has 2 aromatic rings. The second-order valence-electron chi connectivity index (χ2n) is 5.39. The summed E-state index contributed by atoms with van der Waals surface area (Å²) in [5.74, 6) is 0.863. The van der Waals surface area contributed by atoms with Crippen LogP contribution in [0, 0.1) is 0 Å². The highest BCUT2D eigenvalue weighted by Crippen LogP contribution is 2.24. The van der Waals surface area contributed by atoms with Gasteiger partial charge < -0.3 is 14.7 Å². The Balaban J connectivity index is 1.98. The third-order valence-corrected chi connectivity index (χ3v) is 3.49. The number of anilines is 1. The Bertz CT molecular complexity index is 596. The molecule has 2 rings (SSSR count). The maximum absolute atomic E-state index is 10.7. The van der Waals surface area contributed by atoms with Gasteiger partial charge in [-0.25, -0.2) is 0 Å². The molecule has 0 unspecified atom stereocenters. The van der Waals surface area contributed by atoms with Crippen LogP contribution in [0.15, 0.2) is 54.6 Å². The van der Waals surface area contributed by atoms with Crippen LogP contribution in [0.4, 0.5) is 5.69 Å². The van der Waals surface area contributed by atoms with E-state index >= 15 is 0 Å². The van der Waals surface area contributed by atoms with Crippen LogP contribution in [0.25, 0.3) is 0 Å². The van der Waals surface area contributed by atoms with Crippen molar-refractivity contribution in [1.29, 1.82) is 0 Å². The molecule has 0 atom stereocenters. The smallest absolute Gasteiger partial charge is 0.303 e. The second kappa shape index (κ2) is 8.83. The molecule has 23 heavy (non-hydrogen) atoms. The van der Waals surface area contributed by atoms with E-state index in [4.69, 9.17) is 9.84 Å². The number of carboxylic acids is 1. The second-order valence-corrected chi connectivity index (χ2v) is 5.39. The summed E-state index contributed by atoms with van der Waals surface area (Å²) in [6.45, 7) is 3.79. The van der Waals surface area contributed by atoms with Gasteiger partial charge >= 0.3 is 5.97 Å². The number of carbonyl (C=O) groups is 1. The van der Waals surface area contributed by atoms with Gasteiger partial charge in [0.25, 0.3) is 0 Å². The molecule has 0 heterocycles. The van der Waals surface area contributed by atoms with Gasteiger partial charge in [-0.1, -0.05) is 25.1 Å². The molecule has 0 saturated carbocycles. The molecule has 0 radical (unpaired) electrons. The molecule has 0 fully saturated rings. The average molecular weight is 313 g/mol. The van der Waals surface area contributed by atoms with E-state index in [2.05, 4.69) is 11.8 Å². The first-order valence-electron chi connectivity index (χ1n) is 7.98. The summed E-state index contributed by atoms with van der Waals surface area (Å²) in [5, 5.41) is 8.77. The number of carboxylic acid groups (broad SMARTS) is 1. The van der Waals surface area contributed by atoms with Crippen LogP contribution >= 0.6 is 0 Å². The van der Waals surface area contributed by atoms with Crippen LogP contribution in [0.3, 0.4) is 0 Å². The van der Waals surface area contributed by atoms with E-state index in [1.165, 1.54) is 0 Å². The predicted octanol–water partition coefficient (Wildman–Crippen LogP) is 4.56. The van der Waals surface area contributed by atoms with Gasteiger partial charge in [0.05, 0.1) is 0 Å². The van der Waals surface area contributed by atoms with E-state index in [0.29, 0.717) is 6.42 Å². The monoisotopic (exact) mass is 313 g/mol. The van der Waals surface area contributed by atoms with Crippen LogP contribution in [-0.2, 0) is 4.79 Å². The van der Waals surface area contributed by atoms with Crippen molar-refractivity contribution in [1.82, 2.24) is 0 Å². The number of benzene rings is 2. The van der Waals surface area contributed by atoms with Gasteiger partial charge in [0.2, 0.25) is 0 Å². The van der Waals surface area contributed by atoms with Crippen molar-refractivity contribution in [2.45, 2.75) is 26.2 Å². The van der Waals surface area contributed by atoms with Crippen LogP contribution in [-0.4, -0.2) is 24.2 Å². The van der Waals surface area contributed by atoms with Crippen molar-refractivity contribution < 1.29 is 14.6 Å². The molecule has 4 nitrogen and oxygen atoms in total. The molecule has 0 amide bonds. The molecule has 1 N–H and O–H groups in total. The molecule has 0 spiro atoms. The lowest BCUT2D eigenvalue weighted by Crippen LogP contribution is -2.25. The van der Waals surface area contributed by atoms with Crippen molar-refractivity contribution in [3.8, 4) is 11.5 Å². The fraction of sp³-hybridized carbons (Fsp3) is 0.316. The molecule has 0 aliphatic rings. The summed E-state index contributed by atoms with van der Waals surface area (Å²) in [5.41, 5.74) is 1.10. The molecule has 0 aromatic heterocycles. The fourth-order valence-corrected chi connectivity index (χ4v) is 2.41. The zero-order valence-corrected chi connectivity index (χ0v) is 13.4. The summed E-state index contributed by atoms with van der Waals surface area (Å²) < 4.78 is 5.79. The number of ether oxygens (including phenoxy) is 1. The Labute approximate surface area is 137 Å². The number of para-hydroxylation sites is 1. The molecule has 0 bridgehead atoms. The van der Waals surface area contributed by atoms with Crippen LogP contribution in [0.1, 0.15) is 26.2 Å². The maximum atomic E-state index is 10.7. The number of hydrogen-bond donors (Lipinski definition) is 1. The highest BCUT2D eigenvalue weighted by Gasteiger charge is 2.07. The van der Waals surface area contributed by atoms with E-state index in [0.717, 1.165) is 36.7 Å². The highest BCUT2D eigenvalue weighted by atomic mass is 16.5. The summed E-state index contributed by atoms with van der Waals surface area (Å²) in [4.78, 5) is 12.9. The summed E-state index contributed by atoms with van der Waals surface area (Å²) >= 11 is 0. The largest absolute Gasteiger partial charge is 0.481 e. The first kappa shape index (κ1) is 16.9. The van der Waals surface area contributed by atoms with Gasteiger partial charge in [-0.05, 0) is 49.2 Å². The van der Waals surface area contributed by atoms with Gasteiger partial charge in [0, 0.05) is 25.2 Å². The zero-order chi connectivity index (χ0) is 16.5. The quantitative estimate of drug-likeness (QED) is 0.737. The normalized spacial score (nSPS) is 10.3. The minimum absolute atomic E-state index is 0.204. The number of nitrogens with zero attached hydrogens (tertiary/aromatic N) is 1. The molecule has 0 aliphatic heterocycles. The number of rotatable bonds is 9. The standard InChI is InChI=1S/C19H23NO3/c1-2-14-20(15-6-9-19(21)22)16-10-12-18(13-11-16)23-17-7-4-3-5-8-17/h3-5,7-8,10-13H,2,6,9,14-15H2,1H3,(H,21,22). The van der Waals surface area contributed by atoms with E-state index < -0.39 is 5.97 Å². The molecular weight excluding hydrogens is 290 g/mol. The van der Waals surface area contributed by atoms with E-state index in [1.54, 1.807) is 0 Å². The lowest BCUT2D eigenvalue weighted by molar-refractivity contribution is -0.137. The molecule has 2 aromatic carbocycles. The Morgan fingerprint density at radius 3 is 2.26 bits per heavy atom. The van der Waals surface area contributed by atoms with Crippen molar-refractivity contribution in [2.75, 3.05) is 18.0 Å². The van der Waals surface area contributed by atoms with Gasteiger partial charge in [-0.3, -0.25) is 4.79 Å². The van der Waals surface area contributed by atoms with Crippen LogP contribution in [0.2, 0.25) is 0 Å². The minimum atomic E-state index is -0.743. The first-order valence-corrected chi connectivity index (χ1v) is 7.98. The summed E-state index contributed by atoms with van der Waals surface area (Å²) in [7, 11) is 0. The molecule has 0 saturated heterocycles. The molecule has 122 valence electrons. The van der Waals surface area contributed by atoms with Gasteiger partial charge in [-0.2, -0.15) is 0 Å². The number of hydrogen-bond acceptors (Lipinski definition) is 3. The fourth-order valence-electron chi connectivity index (χ4n) is 2.41. The molecule has 4 heteroatoms. The van der Waals surface area contributed by atoms with Crippen LogP contribution < -0.4 is 9.64 Å². The molecular formula is C19H23NO3. The predicted molar refractivity (Wildman–Crippen MR) is 92.3 cm³/mol. The first-order chi connectivity index (χ1) is 11.2. The Kier molecular flexibility index (Phi) is 6.48. The third kappa shape index (κ3) is 5.66. The highest BCUT2D eigenvalue weighted by molar-refractivity contribution is 5.66. The Hall–Kier alpha value is -2.49. The topological polar surface area (TPSA) is 49.8 Å². The van der Waals surface area contributed by atoms with Crippen molar-refractivity contribution in [3.63, 3.8) is 0 Å². The lowest BCUT2D eigenvalue weighted by Gasteiger charge is -2.24. The number of aliphatic carboxylic acids is 1. The van der Waals surface area contributed by atoms with Gasteiger partial charge in [-0.15, -0.1) is 0 Å². The van der Waals surface area contributed by atoms with Crippen molar-refractivity contribution in [2.24, 2.45) is 0 Å². The Morgan fingerprint density at radius 1 is 1.00 bits per heavy atom. The average Bonchev–Trinajstić information content (AvgIpc) is 2.55.